The van der Waals surface area contributed by atoms with Crippen LogP contribution in [0.5, 0.6) is 0 Å². The maximum atomic E-state index is 13.0. The predicted octanol–water partition coefficient (Wildman–Crippen LogP) is 5.86. The first-order valence-corrected chi connectivity index (χ1v) is 21.8. The molecule has 2 aliphatic heterocycles. The summed E-state index contributed by atoms with van der Waals surface area (Å²) < 4.78 is 41.3. The Morgan fingerprint density at radius 2 is 1.44 bits per heavy atom. The first-order valence-electron chi connectivity index (χ1n) is 21.8. The Hall–Kier alpha value is -3.52. The van der Waals surface area contributed by atoms with E-state index in [0.717, 1.165) is 51.5 Å². The highest BCUT2D eigenvalue weighted by molar-refractivity contribution is 5.74. The summed E-state index contributed by atoms with van der Waals surface area (Å²) in [6, 6.07) is 0.119. The van der Waals surface area contributed by atoms with E-state index < -0.39 is 54.6 Å². The van der Waals surface area contributed by atoms with Crippen LogP contribution < -0.4 is 0 Å². The van der Waals surface area contributed by atoms with Gasteiger partial charge in [0.25, 0.3) is 0 Å². The number of carbonyl (C=O) groups is 6. The van der Waals surface area contributed by atoms with Crippen molar-refractivity contribution in [1.29, 1.82) is 0 Å². The number of fused-ring (bicyclic) bond motifs is 5. The van der Waals surface area contributed by atoms with Gasteiger partial charge < -0.3 is 38.1 Å². The summed E-state index contributed by atoms with van der Waals surface area (Å²) in [6.07, 6.45) is 3.72. The van der Waals surface area contributed by atoms with E-state index in [1.165, 1.54) is 40.2 Å². The molecule has 1 amide bonds. The number of piperidine rings is 1. The molecule has 3 saturated carbocycles. The SMILES string of the molecule is CC(=O)OC[C@H]1O[C@@H](O[C@H]2CC[C@@]3(C)C(=CC[C@H]4[C@@H]5C[C@@H](OC(C)=O)[C@H]([C@H](C)[C@H]6CC[C@H](C)CN6C(C)=O)[C@@]5(C)CC[C@@H]43)C2)[C@H](OC(C)=O)[C@@H](OC(C)=O)[C@@H]1OC(C)=O. The molecule has 14 heteroatoms. The van der Waals surface area contributed by atoms with Gasteiger partial charge in [0.1, 0.15) is 18.8 Å². The van der Waals surface area contributed by atoms with Crippen LogP contribution >= 0.6 is 0 Å². The third kappa shape index (κ3) is 9.23. The van der Waals surface area contributed by atoms with Crippen LogP contribution in [0.2, 0.25) is 0 Å². The third-order valence-corrected chi connectivity index (χ3v) is 15.2. The lowest BCUT2D eigenvalue weighted by Crippen LogP contribution is -2.63. The van der Waals surface area contributed by atoms with Crippen LogP contribution in [0.25, 0.3) is 0 Å². The molecule has 0 aromatic carbocycles. The van der Waals surface area contributed by atoms with E-state index in [1.54, 1.807) is 6.92 Å². The molecule has 0 aromatic heterocycles. The molecule has 59 heavy (non-hydrogen) atoms. The highest BCUT2D eigenvalue weighted by Gasteiger charge is 2.64. The Bertz CT molecular complexity index is 1660. The molecule has 0 spiro atoms. The van der Waals surface area contributed by atoms with Crippen molar-refractivity contribution >= 4 is 35.8 Å². The van der Waals surface area contributed by atoms with E-state index in [4.69, 9.17) is 33.2 Å². The Labute approximate surface area is 349 Å². The first kappa shape index (κ1) is 45.0. The minimum Gasteiger partial charge on any atom is -0.463 e. The van der Waals surface area contributed by atoms with Gasteiger partial charge >= 0.3 is 29.8 Å². The van der Waals surface area contributed by atoms with Gasteiger partial charge in [-0.2, -0.15) is 0 Å². The van der Waals surface area contributed by atoms with Gasteiger partial charge in [-0.05, 0) is 98.2 Å². The highest BCUT2D eigenvalue weighted by atomic mass is 16.7. The predicted molar refractivity (Wildman–Crippen MR) is 212 cm³/mol. The van der Waals surface area contributed by atoms with E-state index in [1.807, 2.05) is 0 Å². The van der Waals surface area contributed by atoms with Crippen molar-refractivity contribution in [3.8, 4) is 0 Å². The Morgan fingerprint density at radius 3 is 2.07 bits per heavy atom. The largest absolute Gasteiger partial charge is 0.463 e. The van der Waals surface area contributed by atoms with Gasteiger partial charge in [-0.1, -0.05) is 39.3 Å². The molecule has 5 fully saturated rings. The Kier molecular flexibility index (Phi) is 13.6. The van der Waals surface area contributed by atoms with Gasteiger partial charge in [-0.3, -0.25) is 28.8 Å². The molecule has 0 bridgehead atoms. The maximum Gasteiger partial charge on any atom is 0.303 e. The van der Waals surface area contributed by atoms with Crippen molar-refractivity contribution in [1.82, 2.24) is 4.90 Å². The van der Waals surface area contributed by atoms with E-state index in [2.05, 4.69) is 38.7 Å². The van der Waals surface area contributed by atoms with Crippen molar-refractivity contribution in [2.45, 2.75) is 176 Å². The molecule has 2 heterocycles. The minimum atomic E-state index is -1.29. The minimum absolute atomic E-state index is 0.0522. The van der Waals surface area contributed by atoms with Crippen LogP contribution in [-0.4, -0.2) is 103 Å². The maximum absolute atomic E-state index is 13.0. The Morgan fingerprint density at radius 1 is 0.797 bits per heavy atom. The molecule has 2 saturated heterocycles. The van der Waals surface area contributed by atoms with Crippen LogP contribution in [0.3, 0.4) is 0 Å². The summed E-state index contributed by atoms with van der Waals surface area (Å²) in [5.41, 5.74) is 1.18. The van der Waals surface area contributed by atoms with E-state index >= 15 is 0 Å². The zero-order chi connectivity index (χ0) is 43.1. The van der Waals surface area contributed by atoms with E-state index in [0.29, 0.717) is 36.5 Å². The molecular formula is C45H67NO13. The lowest BCUT2D eigenvalue weighted by molar-refractivity contribution is -0.318. The van der Waals surface area contributed by atoms with E-state index in [9.17, 15) is 28.8 Å². The van der Waals surface area contributed by atoms with Gasteiger partial charge in [-0.15, -0.1) is 0 Å². The van der Waals surface area contributed by atoms with Crippen molar-refractivity contribution < 1.29 is 61.9 Å². The van der Waals surface area contributed by atoms with E-state index in [-0.39, 0.29) is 59.4 Å². The quantitative estimate of drug-likeness (QED) is 0.146. The average Bonchev–Trinajstić information content (AvgIpc) is 3.43. The zero-order valence-corrected chi connectivity index (χ0v) is 36.7. The zero-order valence-electron chi connectivity index (χ0n) is 36.7. The number of amides is 1. The molecule has 0 radical (unpaired) electrons. The van der Waals surface area contributed by atoms with Crippen molar-refractivity contribution in [3.63, 3.8) is 0 Å². The van der Waals surface area contributed by atoms with Gasteiger partial charge in [0.2, 0.25) is 5.91 Å². The second-order valence-corrected chi connectivity index (χ2v) is 19.1. The molecule has 0 unspecified atom stereocenters. The van der Waals surface area contributed by atoms with Gasteiger partial charge in [-0.25, -0.2) is 0 Å². The normalized spacial score (nSPS) is 40.8. The number of allylic oxidation sites excluding steroid dienone is 1. The summed E-state index contributed by atoms with van der Waals surface area (Å²) in [4.78, 5) is 76.5. The lowest BCUT2D eigenvalue weighted by atomic mass is 9.46. The standard InChI is InChI=1S/C45H67NO13/c1-23-11-14-36(46(21-23)25(3)47)24(2)39-37(54-27(5)49)20-35-33-13-12-31-19-32(15-17-44(31,9)34(33)16-18-45(35,39)10)58-43-42(57-30(8)52)41(56-29(7)51)40(55-28(6)50)38(59-43)22-53-26(4)48/h12,23-24,32-43H,11,13-22H2,1-10H3/t23-,24+,32-,33+,34-,35-,36+,37+,38+,39-,40+,41-,42+,43+,44-,45-/m0/s1. The van der Waals surface area contributed by atoms with Crippen LogP contribution in [0.1, 0.15) is 127 Å². The van der Waals surface area contributed by atoms with Crippen molar-refractivity contribution in [2.24, 2.45) is 46.3 Å². The number of ether oxygens (including phenoxy) is 7. The third-order valence-electron chi connectivity index (χ3n) is 15.2. The second kappa shape index (κ2) is 17.8. The summed E-state index contributed by atoms with van der Waals surface area (Å²) in [5, 5.41) is 0. The first-order chi connectivity index (χ1) is 27.7. The molecule has 330 valence electrons. The molecule has 6 aliphatic rings. The summed E-state index contributed by atoms with van der Waals surface area (Å²) in [6.45, 7) is 17.8. The number of carbonyl (C=O) groups excluding carboxylic acids is 6. The lowest BCUT2D eigenvalue weighted by Gasteiger charge is -2.59. The van der Waals surface area contributed by atoms with Crippen LogP contribution in [0, 0.1) is 46.3 Å². The second-order valence-electron chi connectivity index (χ2n) is 19.1. The topological polar surface area (TPSA) is 170 Å². The summed E-state index contributed by atoms with van der Waals surface area (Å²) in [5.74, 6) is -0.811. The smallest absolute Gasteiger partial charge is 0.303 e. The number of nitrogens with zero attached hydrogens (tertiary/aromatic N) is 1. The van der Waals surface area contributed by atoms with Crippen LogP contribution in [0.15, 0.2) is 11.6 Å². The average molecular weight is 830 g/mol. The van der Waals surface area contributed by atoms with Gasteiger partial charge in [0.05, 0.1) is 6.10 Å². The molecule has 14 nitrogen and oxygen atoms in total. The highest BCUT2D eigenvalue weighted by Crippen LogP contribution is 2.68. The van der Waals surface area contributed by atoms with Crippen molar-refractivity contribution in [3.05, 3.63) is 11.6 Å². The molecule has 0 N–H and O–H groups in total. The number of likely N-dealkylation sites (tertiary alicyclic amines) is 1. The van der Waals surface area contributed by atoms with Crippen LogP contribution in [-0.2, 0) is 61.9 Å². The molecule has 4 aliphatic carbocycles. The Balaban J connectivity index is 1.23. The number of rotatable bonds is 10. The summed E-state index contributed by atoms with van der Waals surface area (Å²) in [7, 11) is 0. The summed E-state index contributed by atoms with van der Waals surface area (Å²) >= 11 is 0. The fourth-order valence-corrected chi connectivity index (χ4v) is 12.9. The molecule has 16 atom stereocenters. The van der Waals surface area contributed by atoms with Crippen LogP contribution in [0.4, 0.5) is 0 Å². The van der Waals surface area contributed by atoms with Gasteiger partial charge in [0, 0.05) is 60.0 Å². The number of hydrogen-bond acceptors (Lipinski definition) is 13. The van der Waals surface area contributed by atoms with Gasteiger partial charge in [0.15, 0.2) is 24.6 Å². The number of esters is 5. The molecular weight excluding hydrogens is 762 g/mol. The molecule has 0 aromatic rings. The number of hydrogen-bond donors (Lipinski definition) is 0. The fraction of sp³-hybridized carbons (Fsp3) is 0.822. The molecule has 6 rings (SSSR count). The monoisotopic (exact) mass is 829 g/mol. The fourth-order valence-electron chi connectivity index (χ4n) is 12.9. The van der Waals surface area contributed by atoms with Crippen molar-refractivity contribution in [2.75, 3.05) is 13.2 Å².